The number of benzene rings is 1. The summed E-state index contributed by atoms with van der Waals surface area (Å²) in [6.45, 7) is 0.198. The molecule has 2 atom stereocenters. The maximum absolute atomic E-state index is 9.44. The zero-order chi connectivity index (χ0) is 13.7. The average Bonchev–Trinajstić information content (AvgIpc) is 2.47. The van der Waals surface area contributed by atoms with Crippen LogP contribution in [0.15, 0.2) is 18.2 Å². The van der Waals surface area contributed by atoms with Gasteiger partial charge in [0, 0.05) is 24.6 Å². The predicted molar refractivity (Wildman–Crippen MR) is 74.2 cm³/mol. The molecule has 0 bridgehead atoms. The molecule has 102 valence electrons. The second-order valence-electron chi connectivity index (χ2n) is 5.00. The molecular weight excluding hydrogens is 240 g/mol. The maximum atomic E-state index is 9.44. The van der Waals surface area contributed by atoms with Crippen molar-refractivity contribution in [2.75, 3.05) is 19.0 Å². The summed E-state index contributed by atoms with van der Waals surface area (Å²) in [6, 6.07) is 7.82. The molecule has 1 aromatic carbocycles. The lowest BCUT2D eigenvalue weighted by molar-refractivity contribution is 0.178. The largest absolute Gasteiger partial charge is 0.497 e. The summed E-state index contributed by atoms with van der Waals surface area (Å²) >= 11 is 0. The van der Waals surface area contributed by atoms with E-state index in [1.165, 1.54) is 12.8 Å². The topological polar surface area (TPSA) is 65.3 Å². The second kappa shape index (κ2) is 6.44. The Kier molecular flexibility index (Phi) is 4.64. The number of nitrogens with zero attached hydrogens (tertiary/aromatic N) is 1. The predicted octanol–water partition coefficient (Wildman–Crippen LogP) is 2.53. The van der Waals surface area contributed by atoms with Crippen LogP contribution < -0.4 is 10.1 Å². The van der Waals surface area contributed by atoms with Crippen LogP contribution >= 0.6 is 0 Å². The Morgan fingerprint density at radius 3 is 2.89 bits per heavy atom. The summed E-state index contributed by atoms with van der Waals surface area (Å²) in [5.74, 6) is 1.00. The summed E-state index contributed by atoms with van der Waals surface area (Å²) in [7, 11) is 1.61. The van der Waals surface area contributed by atoms with E-state index in [1.807, 2.05) is 6.07 Å². The van der Waals surface area contributed by atoms with Gasteiger partial charge < -0.3 is 15.2 Å². The van der Waals surface area contributed by atoms with Crippen LogP contribution in [0.1, 0.15) is 31.2 Å². The van der Waals surface area contributed by atoms with Gasteiger partial charge in [0.2, 0.25) is 0 Å². The highest BCUT2D eigenvalue weighted by atomic mass is 16.5. The molecule has 1 aliphatic carbocycles. The van der Waals surface area contributed by atoms with Crippen molar-refractivity contribution in [2.24, 2.45) is 5.92 Å². The highest BCUT2D eigenvalue weighted by Crippen LogP contribution is 2.29. The summed E-state index contributed by atoms with van der Waals surface area (Å²) in [6.07, 6.45) is 4.42. The van der Waals surface area contributed by atoms with Gasteiger partial charge in [0.25, 0.3) is 0 Å². The van der Waals surface area contributed by atoms with Crippen LogP contribution in [0.2, 0.25) is 0 Å². The second-order valence-corrected chi connectivity index (χ2v) is 5.00. The van der Waals surface area contributed by atoms with Gasteiger partial charge in [0.05, 0.1) is 18.4 Å². The number of ether oxygens (including phenoxy) is 1. The number of nitriles is 1. The van der Waals surface area contributed by atoms with E-state index >= 15 is 0 Å². The van der Waals surface area contributed by atoms with E-state index in [0.717, 1.165) is 24.3 Å². The van der Waals surface area contributed by atoms with Crippen LogP contribution in [0.25, 0.3) is 0 Å². The average molecular weight is 260 g/mol. The van der Waals surface area contributed by atoms with E-state index in [1.54, 1.807) is 19.2 Å². The molecule has 1 saturated carbocycles. The monoisotopic (exact) mass is 260 g/mol. The van der Waals surface area contributed by atoms with E-state index in [-0.39, 0.29) is 18.6 Å². The molecule has 0 saturated heterocycles. The van der Waals surface area contributed by atoms with Crippen molar-refractivity contribution >= 4 is 5.69 Å². The summed E-state index contributed by atoms with van der Waals surface area (Å²) in [5.41, 5.74) is 1.41. The molecule has 0 radical (unpaired) electrons. The fraction of sp³-hybridized carbons (Fsp3) is 0.533. The van der Waals surface area contributed by atoms with Gasteiger partial charge >= 0.3 is 0 Å². The van der Waals surface area contributed by atoms with Gasteiger partial charge in [0.1, 0.15) is 11.8 Å². The third-order valence-electron chi connectivity index (χ3n) is 3.83. The van der Waals surface area contributed by atoms with Crippen molar-refractivity contribution in [3.05, 3.63) is 23.8 Å². The van der Waals surface area contributed by atoms with E-state index in [9.17, 15) is 5.11 Å². The minimum absolute atomic E-state index is 0.198. The molecule has 0 aromatic heterocycles. The SMILES string of the molecule is COc1ccc(C#N)c(NC2CCCCC2CO)c1. The van der Waals surface area contributed by atoms with Crippen molar-refractivity contribution < 1.29 is 9.84 Å². The fourth-order valence-electron chi connectivity index (χ4n) is 2.68. The zero-order valence-corrected chi connectivity index (χ0v) is 11.2. The van der Waals surface area contributed by atoms with E-state index in [0.29, 0.717) is 5.56 Å². The highest BCUT2D eigenvalue weighted by Gasteiger charge is 2.25. The van der Waals surface area contributed by atoms with E-state index < -0.39 is 0 Å². The Bertz CT molecular complexity index is 468. The fourth-order valence-corrected chi connectivity index (χ4v) is 2.68. The molecular formula is C15H20N2O2. The molecule has 19 heavy (non-hydrogen) atoms. The Morgan fingerprint density at radius 1 is 1.42 bits per heavy atom. The third kappa shape index (κ3) is 3.18. The molecule has 0 amide bonds. The van der Waals surface area contributed by atoms with Crippen molar-refractivity contribution in [1.82, 2.24) is 0 Å². The number of aliphatic hydroxyl groups excluding tert-OH is 1. The number of hydrogen-bond acceptors (Lipinski definition) is 4. The molecule has 2 rings (SSSR count). The molecule has 2 unspecified atom stereocenters. The van der Waals surface area contributed by atoms with Crippen molar-refractivity contribution in [3.63, 3.8) is 0 Å². The van der Waals surface area contributed by atoms with Crippen LogP contribution in [0.3, 0.4) is 0 Å². The molecule has 0 spiro atoms. The Morgan fingerprint density at radius 2 is 2.21 bits per heavy atom. The Labute approximate surface area is 114 Å². The van der Waals surface area contributed by atoms with Crippen molar-refractivity contribution in [2.45, 2.75) is 31.7 Å². The first kappa shape index (κ1) is 13.7. The van der Waals surface area contributed by atoms with Gasteiger partial charge in [-0.3, -0.25) is 0 Å². The lowest BCUT2D eigenvalue weighted by atomic mass is 9.85. The first-order valence-corrected chi connectivity index (χ1v) is 6.74. The number of rotatable bonds is 4. The first-order chi connectivity index (χ1) is 9.28. The first-order valence-electron chi connectivity index (χ1n) is 6.74. The molecule has 1 aliphatic rings. The van der Waals surface area contributed by atoms with Crippen LogP contribution in [-0.2, 0) is 0 Å². The third-order valence-corrected chi connectivity index (χ3v) is 3.83. The van der Waals surface area contributed by atoms with Gasteiger partial charge in [-0.1, -0.05) is 12.8 Å². The number of nitrogens with one attached hydrogen (secondary N) is 1. The molecule has 4 nitrogen and oxygen atoms in total. The standard InChI is InChI=1S/C15H20N2O2/c1-19-13-7-6-11(9-16)15(8-13)17-14-5-3-2-4-12(14)10-18/h6-8,12,14,17-18H,2-5,10H2,1H3. The Hall–Kier alpha value is -1.73. The van der Waals surface area contributed by atoms with E-state index in [2.05, 4.69) is 11.4 Å². The van der Waals surface area contributed by atoms with Crippen LogP contribution in [0.4, 0.5) is 5.69 Å². The molecule has 1 aromatic rings. The van der Waals surface area contributed by atoms with Gasteiger partial charge in [-0.2, -0.15) is 5.26 Å². The minimum atomic E-state index is 0.198. The van der Waals surface area contributed by atoms with Crippen molar-refractivity contribution in [3.8, 4) is 11.8 Å². The number of methoxy groups -OCH3 is 1. The van der Waals surface area contributed by atoms with Crippen LogP contribution in [-0.4, -0.2) is 24.9 Å². The van der Waals surface area contributed by atoms with Gasteiger partial charge in [-0.15, -0.1) is 0 Å². The normalized spacial score (nSPS) is 22.6. The van der Waals surface area contributed by atoms with Crippen molar-refractivity contribution in [1.29, 1.82) is 5.26 Å². The summed E-state index contributed by atoms with van der Waals surface area (Å²) in [5, 5.41) is 22.0. The number of hydrogen-bond donors (Lipinski definition) is 2. The van der Waals surface area contributed by atoms with Crippen LogP contribution in [0, 0.1) is 17.2 Å². The quantitative estimate of drug-likeness (QED) is 0.873. The molecule has 2 N–H and O–H groups in total. The lowest BCUT2D eigenvalue weighted by Gasteiger charge is -2.32. The summed E-state index contributed by atoms with van der Waals surface area (Å²) in [4.78, 5) is 0. The van der Waals surface area contributed by atoms with E-state index in [4.69, 9.17) is 10.00 Å². The zero-order valence-electron chi connectivity index (χ0n) is 11.2. The van der Waals surface area contributed by atoms with Crippen LogP contribution in [0.5, 0.6) is 5.75 Å². The maximum Gasteiger partial charge on any atom is 0.121 e. The van der Waals surface area contributed by atoms with Gasteiger partial charge in [-0.05, 0) is 25.0 Å². The smallest absolute Gasteiger partial charge is 0.121 e. The minimum Gasteiger partial charge on any atom is -0.497 e. The summed E-state index contributed by atoms with van der Waals surface area (Å²) < 4.78 is 5.20. The van der Waals surface area contributed by atoms with Gasteiger partial charge in [-0.25, -0.2) is 0 Å². The van der Waals surface area contributed by atoms with Gasteiger partial charge in [0.15, 0.2) is 0 Å². The molecule has 4 heteroatoms. The highest BCUT2D eigenvalue weighted by molar-refractivity contribution is 5.61. The number of aliphatic hydroxyl groups is 1. The molecule has 0 heterocycles. The molecule has 0 aliphatic heterocycles. The molecule has 1 fully saturated rings. The Balaban J connectivity index is 2.19. The number of anilines is 1. The lowest BCUT2D eigenvalue weighted by Crippen LogP contribution is -2.34.